The van der Waals surface area contributed by atoms with Crippen molar-refractivity contribution >= 4 is 23.0 Å². The predicted molar refractivity (Wildman–Crippen MR) is 95.3 cm³/mol. The molecule has 0 saturated heterocycles. The Balaban J connectivity index is 1.80. The predicted octanol–water partition coefficient (Wildman–Crippen LogP) is 4.41. The van der Waals surface area contributed by atoms with Gasteiger partial charge < -0.3 is 24.1 Å². The lowest BCUT2D eigenvalue weighted by atomic mass is 10.1. The number of phenolic OH excluding ortho intramolecular Hbond substituents is 1. The lowest BCUT2D eigenvalue weighted by molar-refractivity contribution is -0.131. The summed E-state index contributed by atoms with van der Waals surface area (Å²) < 4.78 is 17.2. The number of aromatic hydroxyl groups is 1. The van der Waals surface area contributed by atoms with Gasteiger partial charge in [-0.25, -0.2) is 4.79 Å². The number of carboxylic acid groups (broad SMARTS) is 1. The molecule has 2 aromatic carbocycles. The van der Waals surface area contributed by atoms with E-state index < -0.39 is 11.8 Å². The fraction of sp³-hybridized carbons (Fsp3) is 0.150. The fourth-order valence-corrected chi connectivity index (χ4v) is 2.95. The van der Waals surface area contributed by atoms with Crippen LogP contribution >= 0.6 is 0 Å². The van der Waals surface area contributed by atoms with Gasteiger partial charge in [-0.05, 0) is 42.0 Å². The molecule has 0 fully saturated rings. The molecule has 0 amide bonds. The molecule has 0 atom stereocenters. The van der Waals surface area contributed by atoms with E-state index in [1.54, 1.807) is 18.2 Å². The molecule has 6 nitrogen and oxygen atoms in total. The van der Waals surface area contributed by atoms with Crippen molar-refractivity contribution in [3.63, 3.8) is 0 Å². The van der Waals surface area contributed by atoms with E-state index in [1.165, 1.54) is 12.1 Å². The Morgan fingerprint density at radius 2 is 1.85 bits per heavy atom. The van der Waals surface area contributed by atoms with Crippen LogP contribution in [0.3, 0.4) is 0 Å². The number of phenols is 1. The minimum Gasteiger partial charge on any atom is -0.504 e. The van der Waals surface area contributed by atoms with Gasteiger partial charge in [0, 0.05) is 30.9 Å². The SMILES string of the molecule is CC1(C)Oc2ccc(-c3cc4c(/C=C/C(=O)O)ccc(O)c4o3)cc2O1. The number of carboxylic acids is 1. The average molecular weight is 352 g/mol. The molecule has 1 aromatic heterocycles. The Labute approximate surface area is 148 Å². The average Bonchev–Trinajstić information content (AvgIpc) is 3.13. The molecule has 26 heavy (non-hydrogen) atoms. The molecule has 1 aliphatic heterocycles. The molecule has 0 saturated carbocycles. The summed E-state index contributed by atoms with van der Waals surface area (Å²) >= 11 is 0. The standard InChI is InChI=1S/C20H16O6/c1-20(2)25-15-7-4-12(9-17(15)26-20)16-10-13-11(5-8-18(22)23)3-6-14(21)19(13)24-16/h3-10,21H,1-2H3,(H,22,23)/b8-5+. The Hall–Kier alpha value is -3.41. The van der Waals surface area contributed by atoms with Gasteiger partial charge in [-0.2, -0.15) is 0 Å². The minimum atomic E-state index is -1.05. The summed E-state index contributed by atoms with van der Waals surface area (Å²) in [4.78, 5) is 10.8. The van der Waals surface area contributed by atoms with Crippen LogP contribution in [0.15, 0.2) is 46.9 Å². The monoisotopic (exact) mass is 352 g/mol. The molecule has 0 bridgehead atoms. The van der Waals surface area contributed by atoms with Crippen molar-refractivity contribution in [1.82, 2.24) is 0 Å². The summed E-state index contributed by atoms with van der Waals surface area (Å²) in [6, 6.07) is 10.3. The summed E-state index contributed by atoms with van der Waals surface area (Å²) in [6.45, 7) is 3.65. The first kappa shape index (κ1) is 16.1. The summed E-state index contributed by atoms with van der Waals surface area (Å²) in [7, 11) is 0. The van der Waals surface area contributed by atoms with Gasteiger partial charge in [-0.15, -0.1) is 0 Å². The molecule has 0 unspecified atom stereocenters. The maximum atomic E-state index is 10.8. The summed E-state index contributed by atoms with van der Waals surface area (Å²) in [5.74, 6) is 0.0181. The summed E-state index contributed by atoms with van der Waals surface area (Å²) in [6.07, 6.45) is 2.51. The van der Waals surface area contributed by atoms with Crippen LogP contribution in [0.25, 0.3) is 28.4 Å². The highest BCUT2D eigenvalue weighted by Crippen LogP contribution is 2.43. The van der Waals surface area contributed by atoms with E-state index in [-0.39, 0.29) is 5.75 Å². The van der Waals surface area contributed by atoms with Gasteiger partial charge in [0.05, 0.1) is 0 Å². The van der Waals surface area contributed by atoms with E-state index >= 15 is 0 Å². The van der Waals surface area contributed by atoms with Crippen molar-refractivity contribution in [1.29, 1.82) is 0 Å². The van der Waals surface area contributed by atoms with E-state index in [4.69, 9.17) is 19.0 Å². The number of hydrogen-bond donors (Lipinski definition) is 2. The normalized spacial score (nSPS) is 15.0. The van der Waals surface area contributed by atoms with Crippen LogP contribution in [0.1, 0.15) is 19.4 Å². The van der Waals surface area contributed by atoms with Crippen LogP contribution in [0.4, 0.5) is 0 Å². The van der Waals surface area contributed by atoms with Gasteiger partial charge in [-0.3, -0.25) is 0 Å². The highest BCUT2D eigenvalue weighted by atomic mass is 16.7. The van der Waals surface area contributed by atoms with Gasteiger partial charge in [0.1, 0.15) is 5.76 Å². The zero-order chi connectivity index (χ0) is 18.5. The molecular weight excluding hydrogens is 336 g/mol. The number of rotatable bonds is 3. The molecule has 6 heteroatoms. The Bertz CT molecular complexity index is 1060. The molecule has 0 spiro atoms. The van der Waals surface area contributed by atoms with Crippen molar-refractivity contribution in [3.8, 4) is 28.6 Å². The smallest absolute Gasteiger partial charge is 0.328 e. The van der Waals surface area contributed by atoms with Crippen LogP contribution in [-0.4, -0.2) is 22.0 Å². The number of carbonyl (C=O) groups is 1. The van der Waals surface area contributed by atoms with Crippen LogP contribution < -0.4 is 9.47 Å². The number of fused-ring (bicyclic) bond motifs is 2. The number of aliphatic carboxylic acids is 1. The summed E-state index contributed by atoms with van der Waals surface area (Å²) in [5, 5.41) is 19.5. The molecule has 2 N–H and O–H groups in total. The fourth-order valence-electron chi connectivity index (χ4n) is 2.95. The molecule has 4 rings (SSSR count). The maximum absolute atomic E-state index is 10.8. The lowest BCUT2D eigenvalue weighted by Crippen LogP contribution is -2.29. The van der Waals surface area contributed by atoms with Crippen molar-refractivity contribution in [2.24, 2.45) is 0 Å². The van der Waals surface area contributed by atoms with Crippen molar-refractivity contribution in [2.45, 2.75) is 19.6 Å². The third-order valence-corrected chi connectivity index (χ3v) is 4.04. The molecule has 132 valence electrons. The number of hydrogen-bond acceptors (Lipinski definition) is 5. The molecule has 1 aliphatic rings. The van der Waals surface area contributed by atoms with E-state index in [1.807, 2.05) is 26.0 Å². The quantitative estimate of drug-likeness (QED) is 0.679. The second kappa shape index (κ2) is 5.56. The highest BCUT2D eigenvalue weighted by molar-refractivity contribution is 5.96. The van der Waals surface area contributed by atoms with Crippen molar-refractivity contribution < 1.29 is 28.9 Å². The number of benzene rings is 2. The summed E-state index contributed by atoms with van der Waals surface area (Å²) in [5.41, 5.74) is 1.69. The second-order valence-electron chi connectivity index (χ2n) is 6.46. The van der Waals surface area contributed by atoms with E-state index in [0.29, 0.717) is 33.8 Å². The topological polar surface area (TPSA) is 89.1 Å². The third-order valence-electron chi connectivity index (χ3n) is 4.04. The zero-order valence-electron chi connectivity index (χ0n) is 14.1. The zero-order valence-corrected chi connectivity index (χ0v) is 14.1. The van der Waals surface area contributed by atoms with Crippen molar-refractivity contribution in [3.05, 3.63) is 48.0 Å². The van der Waals surface area contributed by atoms with Crippen molar-refractivity contribution in [2.75, 3.05) is 0 Å². The second-order valence-corrected chi connectivity index (χ2v) is 6.46. The first-order valence-corrected chi connectivity index (χ1v) is 8.01. The van der Waals surface area contributed by atoms with E-state index in [2.05, 4.69) is 0 Å². The molecular formula is C20H16O6. The molecule has 0 aliphatic carbocycles. The Kier molecular flexibility index (Phi) is 3.44. The van der Waals surface area contributed by atoms with Gasteiger partial charge in [-0.1, -0.05) is 6.07 Å². The van der Waals surface area contributed by atoms with Crippen LogP contribution in [-0.2, 0) is 4.79 Å². The molecule has 2 heterocycles. The van der Waals surface area contributed by atoms with Gasteiger partial charge in [0.15, 0.2) is 22.8 Å². The van der Waals surface area contributed by atoms with Crippen LogP contribution in [0.5, 0.6) is 17.2 Å². The Morgan fingerprint density at radius 3 is 2.62 bits per heavy atom. The molecule has 3 aromatic rings. The van der Waals surface area contributed by atoms with E-state index in [0.717, 1.165) is 11.6 Å². The van der Waals surface area contributed by atoms with Crippen LogP contribution in [0.2, 0.25) is 0 Å². The minimum absolute atomic E-state index is 0.0133. The third kappa shape index (κ3) is 2.75. The largest absolute Gasteiger partial charge is 0.504 e. The van der Waals surface area contributed by atoms with Gasteiger partial charge >= 0.3 is 5.97 Å². The first-order chi connectivity index (χ1) is 12.3. The molecule has 0 radical (unpaired) electrons. The Morgan fingerprint density at radius 1 is 1.08 bits per heavy atom. The first-order valence-electron chi connectivity index (χ1n) is 8.01. The number of ether oxygens (including phenoxy) is 2. The van der Waals surface area contributed by atoms with Gasteiger partial charge in [0.25, 0.3) is 0 Å². The highest BCUT2D eigenvalue weighted by Gasteiger charge is 2.31. The lowest BCUT2D eigenvalue weighted by Gasteiger charge is -2.16. The van der Waals surface area contributed by atoms with Crippen LogP contribution in [0, 0.1) is 0 Å². The van der Waals surface area contributed by atoms with Gasteiger partial charge in [0.2, 0.25) is 5.79 Å². The maximum Gasteiger partial charge on any atom is 0.328 e. The van der Waals surface area contributed by atoms with E-state index in [9.17, 15) is 9.90 Å². The number of furan rings is 1.